The van der Waals surface area contributed by atoms with Gasteiger partial charge in [0.25, 0.3) is 0 Å². The van der Waals surface area contributed by atoms with Crippen LogP contribution in [0.4, 0.5) is 0 Å². The molecule has 1 saturated heterocycles. The molecule has 3 saturated carbocycles. The monoisotopic (exact) mass is 548 g/mol. The maximum absolute atomic E-state index is 14.6. The number of allylic oxidation sites excluding steroid dienone is 3. The van der Waals surface area contributed by atoms with Crippen LogP contribution in [0.25, 0.3) is 4.85 Å². The minimum atomic E-state index is -1.49. The molecule has 0 bridgehead atoms. The molecule has 2 N–H and O–H groups in total. The van der Waals surface area contributed by atoms with Crippen LogP contribution in [0.5, 0.6) is 0 Å². The zero-order valence-electron chi connectivity index (χ0n) is 25.6. The smallest absolute Gasteiger partial charge is 0.226 e. The Kier molecular flexibility index (Phi) is 5.79. The molecule has 0 aromatic carbocycles. The van der Waals surface area contributed by atoms with Gasteiger partial charge in [0.2, 0.25) is 5.70 Å². The lowest BCUT2D eigenvalue weighted by Crippen LogP contribution is -2.75. The van der Waals surface area contributed by atoms with E-state index in [1.807, 2.05) is 19.9 Å². The van der Waals surface area contributed by atoms with Crippen LogP contribution in [-0.2, 0) is 9.59 Å². The summed E-state index contributed by atoms with van der Waals surface area (Å²) in [5.74, 6) is -0.435. The van der Waals surface area contributed by atoms with Crippen LogP contribution in [0.2, 0.25) is 0 Å². The summed E-state index contributed by atoms with van der Waals surface area (Å²) in [6, 6.07) is 0. The van der Waals surface area contributed by atoms with Gasteiger partial charge in [0.05, 0.1) is 12.7 Å². The largest absolute Gasteiger partial charge is 0.390 e. The topological polar surface area (TPSA) is 82.2 Å². The number of carbonyl (C=O) groups excluding carboxylic acids is 2. The van der Waals surface area contributed by atoms with Crippen molar-refractivity contribution in [2.75, 3.05) is 19.6 Å². The van der Waals surface area contributed by atoms with Crippen LogP contribution in [0.15, 0.2) is 23.4 Å². The van der Waals surface area contributed by atoms with Gasteiger partial charge in [0.15, 0.2) is 11.6 Å². The van der Waals surface area contributed by atoms with Crippen molar-refractivity contribution < 1.29 is 19.8 Å². The van der Waals surface area contributed by atoms with E-state index in [0.29, 0.717) is 13.1 Å². The van der Waals surface area contributed by atoms with Crippen LogP contribution < -0.4 is 0 Å². The van der Waals surface area contributed by atoms with Crippen molar-refractivity contribution in [2.24, 2.45) is 44.3 Å². The first kappa shape index (κ1) is 28.3. The summed E-state index contributed by atoms with van der Waals surface area (Å²) in [7, 11) is 0. The second-order valence-corrected chi connectivity index (χ2v) is 16.6. The van der Waals surface area contributed by atoms with E-state index in [0.717, 1.165) is 57.1 Å². The predicted molar refractivity (Wildman–Crippen MR) is 154 cm³/mol. The predicted octanol–water partition coefficient (Wildman–Crippen LogP) is 5.35. The number of aliphatic hydroxyl groups excluding tert-OH is 1. The number of aliphatic hydroxyl groups is 2. The molecule has 40 heavy (non-hydrogen) atoms. The molecular formula is C34H48N2O4. The van der Waals surface area contributed by atoms with Gasteiger partial charge in [-0.3, -0.25) is 9.69 Å². The molecule has 0 spiro atoms. The first-order valence-corrected chi connectivity index (χ1v) is 15.5. The second kappa shape index (κ2) is 8.17. The third kappa shape index (κ3) is 3.26. The molecule has 0 amide bonds. The van der Waals surface area contributed by atoms with Crippen molar-refractivity contribution >= 4 is 11.6 Å². The first-order valence-electron chi connectivity index (χ1n) is 15.5. The lowest BCUT2D eigenvalue weighted by Gasteiger charge is -2.72. The summed E-state index contributed by atoms with van der Waals surface area (Å²) in [6.07, 6.45) is 9.60. The lowest BCUT2D eigenvalue weighted by molar-refractivity contribution is -0.250. The number of β-amino-alcohol motifs (C(OH)–C–C–N with tert-alkyl or cyclic N) is 1. The third-order valence-electron chi connectivity index (χ3n) is 13.7. The zero-order valence-corrected chi connectivity index (χ0v) is 25.6. The van der Waals surface area contributed by atoms with Gasteiger partial charge in [-0.2, -0.15) is 0 Å². The maximum Gasteiger partial charge on any atom is 0.226 e. The van der Waals surface area contributed by atoms with Gasteiger partial charge in [-0.05, 0) is 73.2 Å². The van der Waals surface area contributed by atoms with Crippen LogP contribution in [0.3, 0.4) is 0 Å². The summed E-state index contributed by atoms with van der Waals surface area (Å²) < 4.78 is 0. The average molecular weight is 549 g/mol. The minimum Gasteiger partial charge on any atom is -0.390 e. The quantitative estimate of drug-likeness (QED) is 0.455. The molecule has 5 aliphatic carbocycles. The molecule has 0 radical (unpaired) electrons. The maximum atomic E-state index is 14.6. The average Bonchev–Trinajstić information content (AvgIpc) is 2.85. The van der Waals surface area contributed by atoms with Crippen LogP contribution >= 0.6 is 0 Å². The first-order chi connectivity index (χ1) is 18.4. The molecule has 6 nitrogen and oxygen atoms in total. The van der Waals surface area contributed by atoms with Gasteiger partial charge < -0.3 is 15.0 Å². The summed E-state index contributed by atoms with van der Waals surface area (Å²) >= 11 is 0. The standard InChI is InChI=1S/C34H48N2O4/c1-28(2)11-13-33(20-36-18-21(37)19-36)14-12-32(7)31(6)10-9-23-29(3,4)27(39)22(35-8)16-30(23,5)24(31)15-26(38)34(32,40)25(33)17-28/h15-16,21,23,25,37,40H,9-14,17-20H2,1-7H3/t23-,25+,30-,31+,32-,33+,34?/m0/s1. The molecular weight excluding hydrogens is 500 g/mol. The van der Waals surface area contributed by atoms with E-state index in [-0.39, 0.29) is 46.0 Å². The SMILES string of the molecule is [C-]#[N+]C1=C[C@]2(C)C3=CC(=O)C4(O)[C@@H]5CC(C)(C)CC[C@]5(CN5CC(O)C5)CC[C@@]4(C)[C@]3(C)CC[C@H]2C(C)(C)C1=O. The fourth-order valence-corrected chi connectivity index (χ4v) is 11.1. The Morgan fingerprint density at radius 2 is 1.62 bits per heavy atom. The van der Waals surface area contributed by atoms with E-state index in [2.05, 4.69) is 44.4 Å². The summed E-state index contributed by atoms with van der Waals surface area (Å²) in [5, 5.41) is 23.1. The highest BCUT2D eigenvalue weighted by Gasteiger charge is 2.75. The fraction of sp³-hybridized carbons (Fsp3) is 0.794. The van der Waals surface area contributed by atoms with E-state index in [4.69, 9.17) is 6.57 Å². The van der Waals surface area contributed by atoms with E-state index in [1.165, 1.54) is 0 Å². The molecule has 218 valence electrons. The Hall–Kier alpha value is -1.81. The van der Waals surface area contributed by atoms with Crippen molar-refractivity contribution in [1.82, 2.24) is 4.90 Å². The molecule has 7 atom stereocenters. The number of Topliss-reactive ketones (excluding diaryl/α,β-unsaturated/α-hetero) is 1. The molecule has 6 rings (SSSR count). The number of rotatable bonds is 2. The zero-order chi connectivity index (χ0) is 29.3. The van der Waals surface area contributed by atoms with Crippen molar-refractivity contribution in [3.05, 3.63) is 34.8 Å². The normalized spacial score (nSPS) is 47.9. The Morgan fingerprint density at radius 3 is 2.25 bits per heavy atom. The lowest BCUT2D eigenvalue weighted by atomic mass is 9.33. The highest BCUT2D eigenvalue weighted by Crippen LogP contribution is 2.75. The van der Waals surface area contributed by atoms with E-state index >= 15 is 0 Å². The van der Waals surface area contributed by atoms with E-state index in [1.54, 1.807) is 6.08 Å². The van der Waals surface area contributed by atoms with Gasteiger partial charge in [-0.25, -0.2) is 4.85 Å². The van der Waals surface area contributed by atoms with Gasteiger partial charge in [-0.1, -0.05) is 60.1 Å². The van der Waals surface area contributed by atoms with Gasteiger partial charge >= 0.3 is 0 Å². The number of hydrogen-bond acceptors (Lipinski definition) is 5. The van der Waals surface area contributed by atoms with Gasteiger partial charge in [0, 0.05) is 41.8 Å². The fourth-order valence-electron chi connectivity index (χ4n) is 11.1. The minimum absolute atomic E-state index is 0.00550. The van der Waals surface area contributed by atoms with Crippen molar-refractivity contribution in [3.63, 3.8) is 0 Å². The van der Waals surface area contributed by atoms with Crippen LogP contribution in [-0.4, -0.2) is 58.0 Å². The molecule has 6 heteroatoms. The molecule has 4 fully saturated rings. The Balaban J connectivity index is 1.51. The number of nitrogens with zero attached hydrogens (tertiary/aromatic N) is 2. The summed E-state index contributed by atoms with van der Waals surface area (Å²) in [4.78, 5) is 33.9. The Morgan fingerprint density at radius 1 is 0.975 bits per heavy atom. The Bertz CT molecular complexity index is 1280. The number of ketones is 2. The molecule has 0 aromatic rings. The van der Waals surface area contributed by atoms with E-state index in [9.17, 15) is 19.8 Å². The van der Waals surface area contributed by atoms with Crippen molar-refractivity contribution in [1.29, 1.82) is 0 Å². The molecule has 1 heterocycles. The molecule has 1 unspecified atom stereocenters. The van der Waals surface area contributed by atoms with Crippen LogP contribution in [0, 0.1) is 50.9 Å². The highest BCUT2D eigenvalue weighted by molar-refractivity contribution is 6.04. The van der Waals surface area contributed by atoms with Crippen molar-refractivity contribution in [3.8, 4) is 0 Å². The number of carbonyl (C=O) groups is 2. The van der Waals surface area contributed by atoms with E-state index < -0.39 is 27.3 Å². The van der Waals surface area contributed by atoms with Crippen LogP contribution in [0.1, 0.15) is 93.4 Å². The molecule has 1 aliphatic heterocycles. The molecule has 0 aromatic heterocycles. The third-order valence-corrected chi connectivity index (χ3v) is 13.7. The summed E-state index contributed by atoms with van der Waals surface area (Å²) in [6.45, 7) is 25.0. The number of hydrogen-bond donors (Lipinski definition) is 2. The van der Waals surface area contributed by atoms with Crippen molar-refractivity contribution in [2.45, 2.75) is 105 Å². The second-order valence-electron chi connectivity index (χ2n) is 16.6. The number of likely N-dealkylation sites (tertiary alicyclic amines) is 1. The molecule has 6 aliphatic rings. The van der Waals surface area contributed by atoms with Gasteiger partial charge in [0.1, 0.15) is 5.60 Å². The highest BCUT2D eigenvalue weighted by atomic mass is 16.3. The summed E-state index contributed by atoms with van der Waals surface area (Å²) in [5.41, 5.74) is -2.81. The number of fused-ring (bicyclic) bond motifs is 7. The Labute approximate surface area is 240 Å². The van der Waals surface area contributed by atoms with Gasteiger partial charge in [-0.15, -0.1) is 0 Å².